The van der Waals surface area contributed by atoms with Gasteiger partial charge in [-0.2, -0.15) is 0 Å². The standard InChI is InChI=1S/C24H17BrCl2N2O/c1-13-3-5-15(6-4-13)21-12-19(18-10-16(25)9-14(2)23(18)28-21)24(30)29-22-11-17(26)7-8-20(22)27/h3-12H,1-2H3,(H,29,30). The van der Waals surface area contributed by atoms with Gasteiger partial charge in [0.25, 0.3) is 5.91 Å². The van der Waals surface area contributed by atoms with Gasteiger partial charge in [-0.1, -0.05) is 69.0 Å². The van der Waals surface area contributed by atoms with Crippen molar-refractivity contribution in [2.75, 3.05) is 5.32 Å². The fourth-order valence-electron chi connectivity index (χ4n) is 3.30. The molecule has 0 aliphatic carbocycles. The Labute approximate surface area is 193 Å². The molecule has 30 heavy (non-hydrogen) atoms. The molecule has 0 atom stereocenters. The van der Waals surface area contributed by atoms with E-state index in [-0.39, 0.29) is 5.91 Å². The molecule has 1 N–H and O–H groups in total. The first kappa shape index (κ1) is 20.9. The van der Waals surface area contributed by atoms with Gasteiger partial charge in [-0.15, -0.1) is 0 Å². The zero-order valence-corrected chi connectivity index (χ0v) is 19.4. The quantitative estimate of drug-likeness (QED) is 0.312. The number of anilines is 1. The minimum atomic E-state index is -0.280. The lowest BCUT2D eigenvalue weighted by Crippen LogP contribution is -2.13. The van der Waals surface area contributed by atoms with E-state index < -0.39 is 0 Å². The second-order valence-electron chi connectivity index (χ2n) is 7.12. The topological polar surface area (TPSA) is 42.0 Å². The molecular formula is C24H17BrCl2N2O. The summed E-state index contributed by atoms with van der Waals surface area (Å²) in [5, 5.41) is 4.56. The van der Waals surface area contributed by atoms with Crippen molar-refractivity contribution in [2.45, 2.75) is 13.8 Å². The molecule has 1 amide bonds. The van der Waals surface area contributed by atoms with Crippen molar-refractivity contribution in [3.8, 4) is 11.3 Å². The van der Waals surface area contributed by atoms with Crippen molar-refractivity contribution >= 4 is 61.6 Å². The summed E-state index contributed by atoms with van der Waals surface area (Å²) in [5.74, 6) is -0.280. The molecule has 0 fully saturated rings. The maximum atomic E-state index is 13.3. The van der Waals surface area contributed by atoms with E-state index in [1.807, 2.05) is 56.3 Å². The second kappa shape index (κ2) is 8.38. The largest absolute Gasteiger partial charge is 0.321 e. The van der Waals surface area contributed by atoms with Crippen molar-refractivity contribution in [1.82, 2.24) is 4.98 Å². The van der Waals surface area contributed by atoms with Crippen molar-refractivity contribution in [2.24, 2.45) is 0 Å². The molecule has 0 radical (unpaired) electrons. The number of amides is 1. The molecule has 6 heteroatoms. The number of halogens is 3. The van der Waals surface area contributed by atoms with Gasteiger partial charge in [-0.05, 0) is 55.8 Å². The number of carbonyl (C=O) groups excluding carboxylic acids is 1. The Hall–Kier alpha value is -2.40. The molecule has 0 aliphatic rings. The molecule has 0 spiro atoms. The molecule has 4 rings (SSSR count). The molecule has 0 aliphatic heterocycles. The molecule has 4 aromatic rings. The first-order valence-electron chi connectivity index (χ1n) is 9.26. The van der Waals surface area contributed by atoms with E-state index in [9.17, 15) is 4.79 Å². The Bertz CT molecular complexity index is 1290. The first-order chi connectivity index (χ1) is 14.3. The van der Waals surface area contributed by atoms with Crippen molar-refractivity contribution < 1.29 is 4.79 Å². The monoisotopic (exact) mass is 498 g/mol. The Balaban J connectivity index is 1.89. The fraction of sp³-hybridized carbons (Fsp3) is 0.0833. The highest BCUT2D eigenvalue weighted by Crippen LogP contribution is 2.31. The van der Waals surface area contributed by atoms with Gasteiger partial charge >= 0.3 is 0 Å². The predicted molar refractivity (Wildman–Crippen MR) is 129 cm³/mol. The van der Waals surface area contributed by atoms with E-state index in [0.717, 1.165) is 37.8 Å². The summed E-state index contributed by atoms with van der Waals surface area (Å²) < 4.78 is 0.882. The van der Waals surface area contributed by atoms with E-state index in [2.05, 4.69) is 21.2 Å². The van der Waals surface area contributed by atoms with Gasteiger partial charge in [0.1, 0.15) is 0 Å². The zero-order valence-electron chi connectivity index (χ0n) is 16.3. The maximum absolute atomic E-state index is 13.3. The van der Waals surface area contributed by atoms with Gasteiger partial charge in [0.15, 0.2) is 0 Å². The highest BCUT2D eigenvalue weighted by molar-refractivity contribution is 9.10. The van der Waals surface area contributed by atoms with E-state index in [0.29, 0.717) is 21.3 Å². The number of fused-ring (bicyclic) bond motifs is 1. The molecule has 0 saturated carbocycles. The van der Waals surface area contributed by atoms with Crippen LogP contribution in [0.25, 0.3) is 22.2 Å². The van der Waals surface area contributed by atoms with Crippen LogP contribution in [0.5, 0.6) is 0 Å². The van der Waals surface area contributed by atoms with Crippen LogP contribution in [0, 0.1) is 13.8 Å². The number of benzene rings is 3. The summed E-state index contributed by atoms with van der Waals surface area (Å²) >= 11 is 15.8. The number of rotatable bonds is 3. The summed E-state index contributed by atoms with van der Waals surface area (Å²) in [6.45, 7) is 4.02. The molecule has 1 heterocycles. The van der Waals surface area contributed by atoms with Gasteiger partial charge in [0.05, 0.1) is 27.5 Å². The lowest BCUT2D eigenvalue weighted by molar-refractivity contribution is 0.102. The van der Waals surface area contributed by atoms with Gasteiger partial charge in [-0.3, -0.25) is 4.79 Å². The number of aryl methyl sites for hydroxylation is 2. The molecule has 0 bridgehead atoms. The normalized spacial score (nSPS) is 11.0. The van der Waals surface area contributed by atoms with E-state index >= 15 is 0 Å². The van der Waals surface area contributed by atoms with Crippen LogP contribution in [-0.4, -0.2) is 10.9 Å². The van der Waals surface area contributed by atoms with Crippen LogP contribution in [-0.2, 0) is 0 Å². The van der Waals surface area contributed by atoms with Crippen LogP contribution in [0.3, 0.4) is 0 Å². The van der Waals surface area contributed by atoms with Crippen molar-refractivity contribution in [3.05, 3.63) is 91.9 Å². The third-order valence-electron chi connectivity index (χ3n) is 4.84. The number of nitrogens with one attached hydrogen (secondary N) is 1. The number of carbonyl (C=O) groups is 1. The lowest BCUT2D eigenvalue weighted by atomic mass is 10.0. The highest BCUT2D eigenvalue weighted by Gasteiger charge is 2.17. The average Bonchev–Trinajstić information content (AvgIpc) is 2.70. The summed E-state index contributed by atoms with van der Waals surface area (Å²) in [6.07, 6.45) is 0. The van der Waals surface area contributed by atoms with Gasteiger partial charge in [0.2, 0.25) is 0 Å². The SMILES string of the molecule is Cc1ccc(-c2cc(C(=O)Nc3cc(Cl)ccc3Cl)c3cc(Br)cc(C)c3n2)cc1. The Morgan fingerprint density at radius 2 is 1.70 bits per heavy atom. The van der Waals surface area contributed by atoms with Crippen LogP contribution >= 0.6 is 39.1 Å². The minimum Gasteiger partial charge on any atom is -0.321 e. The second-order valence-corrected chi connectivity index (χ2v) is 8.88. The van der Waals surface area contributed by atoms with Gasteiger partial charge in [0, 0.05) is 20.4 Å². The summed E-state index contributed by atoms with van der Waals surface area (Å²) in [5.41, 5.74) is 5.56. The zero-order chi connectivity index (χ0) is 21.4. The van der Waals surface area contributed by atoms with Crippen molar-refractivity contribution in [1.29, 1.82) is 0 Å². The first-order valence-corrected chi connectivity index (χ1v) is 10.8. The third-order valence-corrected chi connectivity index (χ3v) is 5.86. The third kappa shape index (κ3) is 4.22. The molecule has 150 valence electrons. The highest BCUT2D eigenvalue weighted by atomic mass is 79.9. The Morgan fingerprint density at radius 3 is 2.43 bits per heavy atom. The molecule has 3 nitrogen and oxygen atoms in total. The summed E-state index contributed by atoms with van der Waals surface area (Å²) in [6, 6.07) is 18.7. The molecule has 0 saturated heterocycles. The predicted octanol–water partition coefficient (Wildman–Crippen LogP) is 7.84. The number of pyridine rings is 1. The van der Waals surface area contributed by atoms with Crippen LogP contribution in [0.2, 0.25) is 10.0 Å². The molecule has 0 unspecified atom stereocenters. The van der Waals surface area contributed by atoms with Crippen molar-refractivity contribution in [3.63, 3.8) is 0 Å². The molecule has 1 aromatic heterocycles. The van der Waals surface area contributed by atoms with E-state index in [4.69, 9.17) is 28.2 Å². The van der Waals surface area contributed by atoms with Crippen LogP contribution < -0.4 is 5.32 Å². The van der Waals surface area contributed by atoms with Gasteiger partial charge < -0.3 is 5.32 Å². The maximum Gasteiger partial charge on any atom is 0.256 e. The van der Waals surface area contributed by atoms with E-state index in [1.165, 1.54) is 0 Å². The van der Waals surface area contributed by atoms with Crippen LogP contribution in [0.15, 0.2) is 65.1 Å². The summed E-state index contributed by atoms with van der Waals surface area (Å²) in [4.78, 5) is 18.1. The minimum absolute atomic E-state index is 0.280. The lowest BCUT2D eigenvalue weighted by Gasteiger charge is -2.13. The number of hydrogen-bond donors (Lipinski definition) is 1. The van der Waals surface area contributed by atoms with Crippen LogP contribution in [0.4, 0.5) is 5.69 Å². The average molecular weight is 500 g/mol. The number of nitrogens with zero attached hydrogens (tertiary/aromatic N) is 1. The smallest absolute Gasteiger partial charge is 0.256 e. The Morgan fingerprint density at radius 1 is 0.967 bits per heavy atom. The van der Waals surface area contributed by atoms with Crippen LogP contribution in [0.1, 0.15) is 21.5 Å². The summed E-state index contributed by atoms with van der Waals surface area (Å²) in [7, 11) is 0. The van der Waals surface area contributed by atoms with Gasteiger partial charge in [-0.25, -0.2) is 4.98 Å². The molecular weight excluding hydrogens is 483 g/mol. The fourth-order valence-corrected chi connectivity index (χ4v) is 4.21. The van der Waals surface area contributed by atoms with E-state index in [1.54, 1.807) is 18.2 Å². The number of aromatic nitrogens is 1. The number of hydrogen-bond acceptors (Lipinski definition) is 2. The molecule has 3 aromatic carbocycles. The Kier molecular flexibility index (Phi) is 5.83.